The molecule has 0 bridgehead atoms. The minimum Gasteiger partial charge on any atom is -0.395 e. The average molecular weight is 208 g/mol. The first-order valence-corrected chi connectivity index (χ1v) is 4.64. The van der Waals surface area contributed by atoms with Crippen LogP contribution in [0.2, 0.25) is 0 Å². The van der Waals surface area contributed by atoms with E-state index in [4.69, 9.17) is 5.11 Å². The molecule has 14 heavy (non-hydrogen) atoms. The second kappa shape index (κ2) is 7.10. The van der Waals surface area contributed by atoms with Crippen molar-refractivity contribution in [3.8, 4) is 0 Å². The van der Waals surface area contributed by atoms with E-state index >= 15 is 0 Å². The normalized spacial score (nSPS) is 18.2. The Labute approximate surface area is 83.8 Å². The van der Waals surface area contributed by atoms with Gasteiger partial charge >= 0.3 is 0 Å². The molecule has 0 aliphatic rings. The van der Waals surface area contributed by atoms with Crippen LogP contribution < -0.4 is 5.32 Å². The van der Waals surface area contributed by atoms with E-state index in [2.05, 4.69) is 5.32 Å². The quantitative estimate of drug-likeness (QED) is 0.242. The Morgan fingerprint density at radius 2 is 1.64 bits per heavy atom. The van der Waals surface area contributed by atoms with Crippen LogP contribution in [0.25, 0.3) is 0 Å². The Kier molecular flexibility index (Phi) is 6.98. The van der Waals surface area contributed by atoms with Crippen molar-refractivity contribution in [2.24, 2.45) is 0 Å². The molecule has 0 saturated carbocycles. The van der Waals surface area contributed by atoms with Gasteiger partial charge in [-0.3, -0.25) is 0 Å². The molecule has 0 spiro atoms. The fraction of sp³-hybridized carbons (Fsp3) is 1.00. The third-order valence-electron chi connectivity index (χ3n) is 1.82. The molecule has 6 heteroatoms. The summed E-state index contributed by atoms with van der Waals surface area (Å²) in [6.07, 6.45) is -2.84. The summed E-state index contributed by atoms with van der Waals surface area (Å²) in [5.74, 6) is 0. The number of aliphatic hydroxyl groups excluding tert-OH is 4. The van der Waals surface area contributed by atoms with Crippen molar-refractivity contribution >= 4 is 0 Å². The molecule has 86 valence electrons. The van der Waals surface area contributed by atoms with Gasteiger partial charge in [0.2, 0.25) is 0 Å². The number of nitrogens with zero attached hydrogens (tertiary/aromatic N) is 1. The fourth-order valence-corrected chi connectivity index (χ4v) is 1.23. The summed E-state index contributed by atoms with van der Waals surface area (Å²) in [5.41, 5.74) is 0. The number of rotatable bonds is 7. The monoisotopic (exact) mass is 208 g/mol. The van der Waals surface area contributed by atoms with Gasteiger partial charge in [0.05, 0.1) is 6.61 Å². The van der Waals surface area contributed by atoms with E-state index in [1.807, 2.05) is 0 Å². The molecule has 3 atom stereocenters. The van der Waals surface area contributed by atoms with Crippen LogP contribution in [-0.4, -0.2) is 63.7 Å². The molecule has 5 N–H and O–H groups in total. The summed E-state index contributed by atoms with van der Waals surface area (Å²) in [5, 5.41) is 39.3. The number of aliphatic hydroxyl groups is 4. The Balaban J connectivity index is 3.96. The molecule has 3 unspecified atom stereocenters. The molecule has 0 fully saturated rings. The Hall–Kier alpha value is -0.240. The molecule has 0 aliphatic heterocycles. The van der Waals surface area contributed by atoms with Crippen molar-refractivity contribution in [3.63, 3.8) is 0 Å². The van der Waals surface area contributed by atoms with E-state index in [9.17, 15) is 15.3 Å². The zero-order valence-corrected chi connectivity index (χ0v) is 8.59. The molecular weight excluding hydrogens is 188 g/mol. The maximum absolute atomic E-state index is 9.54. The second-order valence-electron chi connectivity index (χ2n) is 3.12. The van der Waals surface area contributed by atoms with Crippen molar-refractivity contribution < 1.29 is 20.4 Å². The lowest BCUT2D eigenvalue weighted by atomic mass is 10.3. The third kappa shape index (κ3) is 4.85. The zero-order valence-electron chi connectivity index (χ0n) is 8.59. The predicted octanol–water partition coefficient (Wildman–Crippen LogP) is -2.13. The second-order valence-corrected chi connectivity index (χ2v) is 3.12. The first kappa shape index (κ1) is 13.8. The summed E-state index contributed by atoms with van der Waals surface area (Å²) < 4.78 is 0. The van der Waals surface area contributed by atoms with Gasteiger partial charge in [0.15, 0.2) is 0 Å². The van der Waals surface area contributed by atoms with E-state index in [0.717, 1.165) is 4.90 Å². The lowest BCUT2D eigenvalue weighted by molar-refractivity contribution is -0.164. The summed E-state index contributed by atoms with van der Waals surface area (Å²) >= 11 is 0. The van der Waals surface area contributed by atoms with E-state index in [1.165, 1.54) is 13.8 Å². The first-order chi connectivity index (χ1) is 6.50. The van der Waals surface area contributed by atoms with Crippen LogP contribution in [0, 0.1) is 0 Å². The molecule has 0 aliphatic carbocycles. The summed E-state index contributed by atoms with van der Waals surface area (Å²) in [6.45, 7) is 3.45. The lowest BCUT2D eigenvalue weighted by Gasteiger charge is -2.32. The molecule has 0 heterocycles. The van der Waals surface area contributed by atoms with E-state index < -0.39 is 18.7 Å². The fourth-order valence-electron chi connectivity index (χ4n) is 1.23. The minimum absolute atomic E-state index is 0.0178. The maximum Gasteiger partial charge on any atom is 0.123 e. The van der Waals surface area contributed by atoms with Crippen molar-refractivity contribution in [2.45, 2.75) is 32.5 Å². The van der Waals surface area contributed by atoms with Gasteiger partial charge in [0, 0.05) is 13.1 Å². The molecule has 0 aromatic carbocycles. The van der Waals surface area contributed by atoms with E-state index in [-0.39, 0.29) is 13.2 Å². The molecule has 0 amide bonds. The van der Waals surface area contributed by atoms with Crippen LogP contribution in [-0.2, 0) is 0 Å². The summed E-state index contributed by atoms with van der Waals surface area (Å²) in [6, 6.07) is 0. The van der Waals surface area contributed by atoms with Crippen LogP contribution in [0.5, 0.6) is 0 Å². The van der Waals surface area contributed by atoms with Crippen molar-refractivity contribution in [1.29, 1.82) is 0 Å². The minimum atomic E-state index is -0.985. The molecular formula is C8H20N2O4. The Morgan fingerprint density at radius 1 is 1.14 bits per heavy atom. The number of hydrogen-bond acceptors (Lipinski definition) is 6. The van der Waals surface area contributed by atoms with Gasteiger partial charge in [-0.25, -0.2) is 4.90 Å². The third-order valence-corrected chi connectivity index (χ3v) is 1.82. The SMILES string of the molecule is CC(O)N(C(C)O)C(O)CNCCO. The maximum atomic E-state index is 9.54. The van der Waals surface area contributed by atoms with Gasteiger partial charge in [-0.2, -0.15) is 0 Å². The van der Waals surface area contributed by atoms with Crippen LogP contribution in [0.4, 0.5) is 0 Å². The van der Waals surface area contributed by atoms with Crippen LogP contribution >= 0.6 is 0 Å². The highest BCUT2D eigenvalue weighted by molar-refractivity contribution is 4.65. The molecule has 0 aromatic rings. The zero-order chi connectivity index (χ0) is 11.1. The van der Waals surface area contributed by atoms with E-state index in [1.54, 1.807) is 0 Å². The van der Waals surface area contributed by atoms with Gasteiger partial charge in [-0.1, -0.05) is 0 Å². The van der Waals surface area contributed by atoms with Gasteiger partial charge in [-0.05, 0) is 13.8 Å². The molecule has 0 rings (SSSR count). The van der Waals surface area contributed by atoms with Gasteiger partial charge in [0.25, 0.3) is 0 Å². The van der Waals surface area contributed by atoms with Crippen LogP contribution in [0.3, 0.4) is 0 Å². The molecule has 0 saturated heterocycles. The smallest absolute Gasteiger partial charge is 0.123 e. The topological polar surface area (TPSA) is 96.2 Å². The molecule has 6 nitrogen and oxygen atoms in total. The molecule has 0 aromatic heterocycles. The number of hydrogen-bond donors (Lipinski definition) is 5. The van der Waals surface area contributed by atoms with Crippen molar-refractivity contribution in [1.82, 2.24) is 10.2 Å². The van der Waals surface area contributed by atoms with Gasteiger partial charge in [0.1, 0.15) is 18.7 Å². The highest BCUT2D eigenvalue weighted by Crippen LogP contribution is 2.04. The predicted molar refractivity (Wildman–Crippen MR) is 51.2 cm³/mol. The standard InChI is InChI=1S/C8H20N2O4/c1-6(12)10(7(2)13)8(14)5-9-3-4-11/h6-9,11-14H,3-5H2,1-2H3. The summed E-state index contributed by atoms with van der Waals surface area (Å²) in [7, 11) is 0. The lowest BCUT2D eigenvalue weighted by Crippen LogP contribution is -2.51. The Bertz CT molecular complexity index is 135. The highest BCUT2D eigenvalue weighted by Gasteiger charge is 2.23. The Morgan fingerprint density at radius 3 is 2.00 bits per heavy atom. The van der Waals surface area contributed by atoms with Gasteiger partial charge in [-0.15, -0.1) is 0 Å². The first-order valence-electron chi connectivity index (χ1n) is 4.64. The van der Waals surface area contributed by atoms with E-state index in [0.29, 0.717) is 6.54 Å². The van der Waals surface area contributed by atoms with Crippen molar-refractivity contribution in [3.05, 3.63) is 0 Å². The largest absolute Gasteiger partial charge is 0.395 e. The average Bonchev–Trinajstić information content (AvgIpc) is 2.03. The highest BCUT2D eigenvalue weighted by atomic mass is 16.4. The van der Waals surface area contributed by atoms with Crippen molar-refractivity contribution in [2.75, 3.05) is 19.7 Å². The summed E-state index contributed by atoms with van der Waals surface area (Å²) in [4.78, 5) is 1.14. The van der Waals surface area contributed by atoms with Gasteiger partial charge < -0.3 is 25.7 Å². The molecule has 0 radical (unpaired) electrons. The van der Waals surface area contributed by atoms with Crippen LogP contribution in [0.1, 0.15) is 13.8 Å². The number of nitrogens with one attached hydrogen (secondary N) is 1. The van der Waals surface area contributed by atoms with Crippen LogP contribution in [0.15, 0.2) is 0 Å².